The number of rotatable bonds is 5. The largest absolute Gasteiger partial charge is 0.478 e. The number of carbonyl (C=O) groups is 1. The molecule has 0 aromatic heterocycles. The summed E-state index contributed by atoms with van der Waals surface area (Å²) < 4.78 is 13.3. The number of carboxylic acids is 1. The van der Waals surface area contributed by atoms with E-state index in [4.69, 9.17) is 5.11 Å². The van der Waals surface area contributed by atoms with Crippen LogP contribution in [0.1, 0.15) is 23.7 Å². The van der Waals surface area contributed by atoms with Crippen molar-refractivity contribution in [2.24, 2.45) is 0 Å². The summed E-state index contributed by atoms with van der Waals surface area (Å²) >= 11 is 1.12. The summed E-state index contributed by atoms with van der Waals surface area (Å²) in [4.78, 5) is 10.9. The molecule has 2 N–H and O–H groups in total. The quantitative estimate of drug-likeness (QED) is 0.781. The maximum absolute atomic E-state index is 13.3. The Morgan fingerprint density at radius 3 is 2.81 bits per heavy atom. The standard InChI is InChI=1S/C11H13FO3S/c1-2-8(13)6-16-10-5-7(11(14)15)3-4-9(10)12/h3-5,8,13H,2,6H2,1H3,(H,14,15). The maximum atomic E-state index is 13.3. The van der Waals surface area contributed by atoms with Crippen LogP contribution < -0.4 is 0 Å². The summed E-state index contributed by atoms with van der Waals surface area (Å²) in [6.07, 6.45) is 0.0886. The molecule has 0 fully saturated rings. The molecule has 0 bridgehead atoms. The third-order valence-corrected chi connectivity index (χ3v) is 3.26. The topological polar surface area (TPSA) is 57.5 Å². The van der Waals surface area contributed by atoms with Crippen LogP contribution in [-0.2, 0) is 0 Å². The molecular formula is C11H13FO3S. The van der Waals surface area contributed by atoms with E-state index in [1.807, 2.05) is 6.92 Å². The molecule has 0 amide bonds. The van der Waals surface area contributed by atoms with E-state index in [1.165, 1.54) is 12.1 Å². The summed E-state index contributed by atoms with van der Waals surface area (Å²) in [5.74, 6) is -1.19. The van der Waals surface area contributed by atoms with E-state index in [9.17, 15) is 14.3 Å². The van der Waals surface area contributed by atoms with Crippen molar-refractivity contribution >= 4 is 17.7 Å². The molecule has 0 aliphatic carbocycles. The van der Waals surface area contributed by atoms with Crippen LogP contribution in [0.25, 0.3) is 0 Å². The van der Waals surface area contributed by atoms with Gasteiger partial charge in [-0.1, -0.05) is 6.92 Å². The number of aliphatic hydroxyl groups excluding tert-OH is 1. The van der Waals surface area contributed by atoms with E-state index in [0.29, 0.717) is 12.2 Å². The molecule has 88 valence electrons. The van der Waals surface area contributed by atoms with Crippen LogP contribution in [0.2, 0.25) is 0 Å². The van der Waals surface area contributed by atoms with E-state index in [2.05, 4.69) is 0 Å². The normalized spacial score (nSPS) is 12.4. The third-order valence-electron chi connectivity index (χ3n) is 2.08. The molecule has 0 radical (unpaired) electrons. The van der Waals surface area contributed by atoms with Crippen molar-refractivity contribution in [1.29, 1.82) is 0 Å². The predicted molar refractivity (Wildman–Crippen MR) is 60.4 cm³/mol. The SMILES string of the molecule is CCC(O)CSc1cc(C(=O)O)ccc1F. The van der Waals surface area contributed by atoms with Crippen molar-refractivity contribution in [3.63, 3.8) is 0 Å². The smallest absolute Gasteiger partial charge is 0.335 e. The average molecular weight is 244 g/mol. The second kappa shape index (κ2) is 5.86. The first-order valence-electron chi connectivity index (χ1n) is 4.88. The van der Waals surface area contributed by atoms with Crippen molar-refractivity contribution in [3.8, 4) is 0 Å². The second-order valence-electron chi connectivity index (χ2n) is 3.32. The summed E-state index contributed by atoms with van der Waals surface area (Å²) in [7, 11) is 0. The molecule has 1 rings (SSSR count). The number of thioether (sulfide) groups is 1. The Morgan fingerprint density at radius 1 is 1.56 bits per heavy atom. The van der Waals surface area contributed by atoms with E-state index < -0.39 is 17.9 Å². The highest BCUT2D eigenvalue weighted by atomic mass is 32.2. The zero-order valence-electron chi connectivity index (χ0n) is 8.81. The first-order chi connectivity index (χ1) is 7.54. The van der Waals surface area contributed by atoms with Crippen LogP contribution in [-0.4, -0.2) is 28.0 Å². The minimum atomic E-state index is -1.09. The van der Waals surface area contributed by atoms with Gasteiger partial charge >= 0.3 is 5.97 Å². The Hall–Kier alpha value is -1.07. The molecule has 1 aromatic carbocycles. The number of aromatic carboxylic acids is 1. The molecule has 5 heteroatoms. The van der Waals surface area contributed by atoms with E-state index in [0.717, 1.165) is 17.8 Å². The fraction of sp³-hybridized carbons (Fsp3) is 0.364. The molecule has 0 heterocycles. The van der Waals surface area contributed by atoms with Gasteiger partial charge in [-0.15, -0.1) is 11.8 Å². The number of hydrogen-bond acceptors (Lipinski definition) is 3. The Balaban J connectivity index is 2.78. The number of aliphatic hydroxyl groups is 1. The van der Waals surface area contributed by atoms with Crippen LogP contribution >= 0.6 is 11.8 Å². The Bertz CT molecular complexity index is 381. The summed E-state index contributed by atoms with van der Waals surface area (Å²) in [5, 5.41) is 18.1. The summed E-state index contributed by atoms with van der Waals surface area (Å²) in [6.45, 7) is 1.83. The Labute approximate surface area is 97.3 Å². The van der Waals surface area contributed by atoms with Crippen molar-refractivity contribution in [2.45, 2.75) is 24.3 Å². The highest BCUT2D eigenvalue weighted by Crippen LogP contribution is 2.24. The van der Waals surface area contributed by atoms with Gasteiger partial charge in [-0.05, 0) is 24.6 Å². The van der Waals surface area contributed by atoms with E-state index in [-0.39, 0.29) is 10.5 Å². The van der Waals surface area contributed by atoms with Gasteiger partial charge in [0.05, 0.1) is 11.7 Å². The molecule has 0 aliphatic rings. The minimum absolute atomic E-state index is 0.0508. The first kappa shape index (κ1) is 13.0. The number of halogens is 1. The van der Waals surface area contributed by atoms with Crippen molar-refractivity contribution in [3.05, 3.63) is 29.6 Å². The third kappa shape index (κ3) is 3.50. The molecule has 0 aliphatic heterocycles. The predicted octanol–water partition coefficient (Wildman–Crippen LogP) is 2.39. The lowest BCUT2D eigenvalue weighted by Crippen LogP contribution is -2.07. The summed E-state index contributed by atoms with van der Waals surface area (Å²) in [5.41, 5.74) is 0.0508. The zero-order chi connectivity index (χ0) is 12.1. The van der Waals surface area contributed by atoms with Gasteiger partial charge < -0.3 is 10.2 Å². The molecular weight excluding hydrogens is 231 g/mol. The Kier molecular flexibility index (Phi) is 4.76. The van der Waals surface area contributed by atoms with Gasteiger partial charge in [-0.2, -0.15) is 0 Å². The lowest BCUT2D eigenvalue weighted by Gasteiger charge is -2.08. The van der Waals surface area contributed by atoms with Crippen LogP contribution in [0.15, 0.2) is 23.1 Å². The van der Waals surface area contributed by atoms with E-state index >= 15 is 0 Å². The number of carboxylic acid groups (broad SMARTS) is 1. The zero-order valence-corrected chi connectivity index (χ0v) is 9.63. The van der Waals surface area contributed by atoms with Gasteiger partial charge in [-0.25, -0.2) is 9.18 Å². The van der Waals surface area contributed by atoms with Crippen molar-refractivity contribution < 1.29 is 19.4 Å². The van der Waals surface area contributed by atoms with E-state index in [1.54, 1.807) is 0 Å². The second-order valence-corrected chi connectivity index (χ2v) is 4.39. The van der Waals surface area contributed by atoms with Crippen molar-refractivity contribution in [1.82, 2.24) is 0 Å². The van der Waals surface area contributed by atoms with Gasteiger partial charge in [-0.3, -0.25) is 0 Å². The van der Waals surface area contributed by atoms with Gasteiger partial charge in [0.15, 0.2) is 0 Å². The van der Waals surface area contributed by atoms with Gasteiger partial charge in [0.2, 0.25) is 0 Å². The minimum Gasteiger partial charge on any atom is -0.478 e. The molecule has 0 saturated carbocycles. The molecule has 0 saturated heterocycles. The van der Waals surface area contributed by atoms with Crippen LogP contribution in [0.5, 0.6) is 0 Å². The molecule has 1 unspecified atom stereocenters. The molecule has 1 aromatic rings. The number of hydrogen-bond donors (Lipinski definition) is 2. The highest BCUT2D eigenvalue weighted by molar-refractivity contribution is 7.99. The molecule has 1 atom stereocenters. The van der Waals surface area contributed by atoms with Crippen molar-refractivity contribution in [2.75, 3.05) is 5.75 Å². The average Bonchev–Trinajstić information content (AvgIpc) is 2.27. The summed E-state index contributed by atoms with van der Waals surface area (Å²) in [6, 6.07) is 3.63. The highest BCUT2D eigenvalue weighted by Gasteiger charge is 2.10. The molecule has 3 nitrogen and oxygen atoms in total. The maximum Gasteiger partial charge on any atom is 0.335 e. The van der Waals surface area contributed by atoms with Crippen LogP contribution in [0, 0.1) is 5.82 Å². The van der Waals surface area contributed by atoms with Gasteiger partial charge in [0.25, 0.3) is 0 Å². The molecule has 16 heavy (non-hydrogen) atoms. The lowest BCUT2D eigenvalue weighted by molar-refractivity contribution is 0.0696. The Morgan fingerprint density at radius 2 is 2.25 bits per heavy atom. The first-order valence-corrected chi connectivity index (χ1v) is 5.86. The van der Waals surface area contributed by atoms with Crippen LogP contribution in [0.3, 0.4) is 0 Å². The fourth-order valence-corrected chi connectivity index (χ4v) is 2.07. The lowest BCUT2D eigenvalue weighted by atomic mass is 10.2. The monoisotopic (exact) mass is 244 g/mol. The van der Waals surface area contributed by atoms with Gasteiger partial charge in [0, 0.05) is 10.6 Å². The molecule has 0 spiro atoms. The number of benzene rings is 1. The van der Waals surface area contributed by atoms with Gasteiger partial charge in [0.1, 0.15) is 5.82 Å². The van der Waals surface area contributed by atoms with Crippen LogP contribution in [0.4, 0.5) is 4.39 Å². The fourth-order valence-electron chi connectivity index (χ4n) is 1.05.